The number of aromatic nitrogens is 3. The molecule has 3 aromatic rings. The van der Waals surface area contributed by atoms with E-state index in [9.17, 15) is 18.0 Å². The Morgan fingerprint density at radius 2 is 1.81 bits per heavy atom. The molecule has 36 heavy (non-hydrogen) atoms. The van der Waals surface area contributed by atoms with E-state index < -0.39 is 17.8 Å². The van der Waals surface area contributed by atoms with Crippen molar-refractivity contribution < 1.29 is 18.0 Å². The average molecular weight is 498 g/mol. The van der Waals surface area contributed by atoms with Gasteiger partial charge in [-0.05, 0) is 48.7 Å². The lowest BCUT2D eigenvalue weighted by atomic mass is 10.0. The smallest absolute Gasteiger partial charge is 0.308 e. The monoisotopic (exact) mass is 497 g/mol. The van der Waals surface area contributed by atoms with Gasteiger partial charge in [-0.3, -0.25) is 14.9 Å². The molecule has 1 saturated heterocycles. The molecule has 0 spiro atoms. The van der Waals surface area contributed by atoms with Gasteiger partial charge in [-0.2, -0.15) is 18.3 Å². The third-order valence-corrected chi connectivity index (χ3v) is 5.77. The Labute approximate surface area is 207 Å². The van der Waals surface area contributed by atoms with Crippen molar-refractivity contribution in [1.29, 1.82) is 0 Å². The fourth-order valence-corrected chi connectivity index (χ4v) is 3.79. The summed E-state index contributed by atoms with van der Waals surface area (Å²) in [6.45, 7) is 3.23. The SMILES string of the molecule is CN1CCN(Cc2ccc(NC(=O)Nc3cc(C#Cc4ccccn4)n(C)n3)cc2C(F)(F)F)CC1. The molecule has 1 fully saturated rings. The van der Waals surface area contributed by atoms with Gasteiger partial charge in [0.05, 0.1) is 5.56 Å². The highest BCUT2D eigenvalue weighted by atomic mass is 19.4. The van der Waals surface area contributed by atoms with Crippen molar-refractivity contribution in [2.75, 3.05) is 43.9 Å². The standard InChI is InChI=1S/C25H26F3N7O/c1-33-11-13-35(14-12-33)17-18-6-7-20(15-22(18)25(26,27)28)30-24(36)31-23-16-21(34(2)32-23)9-8-19-5-3-4-10-29-19/h3-7,10,15-16H,11-14,17H2,1-2H3,(H2,30,31,32,36). The van der Waals surface area contributed by atoms with E-state index in [0.717, 1.165) is 19.2 Å². The molecule has 1 aromatic carbocycles. The van der Waals surface area contributed by atoms with E-state index in [2.05, 4.69) is 37.5 Å². The Hall–Kier alpha value is -3.88. The molecule has 188 valence electrons. The summed E-state index contributed by atoms with van der Waals surface area (Å²) in [6, 6.07) is 10.1. The quantitative estimate of drug-likeness (QED) is 0.539. The molecule has 8 nitrogen and oxygen atoms in total. The predicted octanol–water partition coefficient (Wildman–Crippen LogP) is 3.63. The van der Waals surface area contributed by atoms with Gasteiger partial charge >= 0.3 is 12.2 Å². The van der Waals surface area contributed by atoms with E-state index in [1.165, 1.54) is 16.8 Å². The van der Waals surface area contributed by atoms with Gasteiger partial charge in [0, 0.05) is 57.7 Å². The maximum Gasteiger partial charge on any atom is 0.416 e. The minimum Gasteiger partial charge on any atom is -0.308 e. The van der Waals surface area contributed by atoms with Crippen LogP contribution < -0.4 is 10.6 Å². The Morgan fingerprint density at radius 3 is 2.50 bits per heavy atom. The molecule has 0 aliphatic carbocycles. The van der Waals surface area contributed by atoms with E-state index in [-0.39, 0.29) is 23.6 Å². The van der Waals surface area contributed by atoms with Crippen molar-refractivity contribution in [3.05, 3.63) is 71.2 Å². The number of carbonyl (C=O) groups excluding carboxylic acids is 1. The number of nitrogens with one attached hydrogen (secondary N) is 2. The number of piperazine rings is 1. The van der Waals surface area contributed by atoms with Crippen LogP contribution in [0.15, 0.2) is 48.7 Å². The fraction of sp³-hybridized carbons (Fsp3) is 0.320. The fourth-order valence-electron chi connectivity index (χ4n) is 3.79. The molecule has 0 radical (unpaired) electrons. The van der Waals surface area contributed by atoms with Gasteiger partial charge in [-0.1, -0.05) is 12.1 Å². The third-order valence-electron chi connectivity index (χ3n) is 5.77. The molecule has 2 amide bonds. The molecule has 0 bridgehead atoms. The van der Waals surface area contributed by atoms with Crippen molar-refractivity contribution in [3.8, 4) is 11.8 Å². The van der Waals surface area contributed by atoms with Crippen LogP contribution in [-0.2, 0) is 19.8 Å². The summed E-state index contributed by atoms with van der Waals surface area (Å²) in [5.74, 6) is 6.04. The van der Waals surface area contributed by atoms with Gasteiger partial charge in [0.2, 0.25) is 0 Å². The van der Waals surface area contributed by atoms with Crippen LogP contribution in [0.25, 0.3) is 0 Å². The van der Waals surface area contributed by atoms with Gasteiger partial charge < -0.3 is 10.2 Å². The van der Waals surface area contributed by atoms with Crippen molar-refractivity contribution in [2.24, 2.45) is 7.05 Å². The highest BCUT2D eigenvalue weighted by molar-refractivity contribution is 5.99. The van der Waals surface area contributed by atoms with Gasteiger partial charge in [-0.15, -0.1) is 0 Å². The number of rotatable bonds is 4. The van der Waals surface area contributed by atoms with Crippen LogP contribution in [-0.4, -0.2) is 63.8 Å². The van der Waals surface area contributed by atoms with Crippen LogP contribution in [0.2, 0.25) is 0 Å². The average Bonchev–Trinajstić information content (AvgIpc) is 3.18. The molecular weight excluding hydrogens is 471 g/mol. The molecule has 2 N–H and O–H groups in total. The number of urea groups is 1. The molecule has 11 heteroatoms. The van der Waals surface area contributed by atoms with Crippen molar-refractivity contribution in [3.63, 3.8) is 0 Å². The summed E-state index contributed by atoms with van der Waals surface area (Å²) in [7, 11) is 3.66. The second-order valence-electron chi connectivity index (χ2n) is 8.53. The number of pyridine rings is 1. The molecule has 1 aliphatic heterocycles. The third kappa shape index (κ3) is 6.62. The first-order chi connectivity index (χ1) is 17.2. The molecule has 0 atom stereocenters. The van der Waals surface area contributed by atoms with Gasteiger partial charge in [0.15, 0.2) is 5.82 Å². The summed E-state index contributed by atoms with van der Waals surface area (Å²) >= 11 is 0. The first-order valence-corrected chi connectivity index (χ1v) is 11.3. The molecule has 1 aliphatic rings. The minimum atomic E-state index is -4.54. The summed E-state index contributed by atoms with van der Waals surface area (Å²) < 4.78 is 42.8. The normalized spacial score (nSPS) is 14.7. The van der Waals surface area contributed by atoms with Crippen LogP contribution in [0.5, 0.6) is 0 Å². The number of hydrogen-bond acceptors (Lipinski definition) is 5. The van der Waals surface area contributed by atoms with Crippen molar-refractivity contribution in [1.82, 2.24) is 24.6 Å². The molecular formula is C25H26F3N7O. The van der Waals surface area contributed by atoms with Gasteiger partial charge in [0.25, 0.3) is 0 Å². The van der Waals surface area contributed by atoms with Crippen LogP contribution in [0.4, 0.5) is 29.5 Å². The van der Waals surface area contributed by atoms with E-state index in [1.807, 2.05) is 18.0 Å². The van der Waals surface area contributed by atoms with Crippen molar-refractivity contribution >= 4 is 17.5 Å². The maximum absolute atomic E-state index is 13.8. The number of benzene rings is 1. The number of likely N-dealkylation sites (N-methyl/N-ethyl adjacent to an activating group) is 1. The zero-order chi connectivity index (χ0) is 25.7. The number of halogens is 3. The van der Waals surface area contributed by atoms with E-state index in [4.69, 9.17) is 0 Å². The number of amides is 2. The minimum absolute atomic E-state index is 0.0352. The lowest BCUT2D eigenvalue weighted by molar-refractivity contribution is -0.138. The van der Waals surface area contributed by atoms with E-state index >= 15 is 0 Å². The van der Waals surface area contributed by atoms with Gasteiger partial charge in [-0.25, -0.2) is 9.78 Å². The number of nitrogens with zero attached hydrogens (tertiary/aromatic N) is 5. The highest BCUT2D eigenvalue weighted by Gasteiger charge is 2.34. The maximum atomic E-state index is 13.8. The second kappa shape index (κ2) is 10.8. The molecule has 3 heterocycles. The Balaban J connectivity index is 1.43. The number of anilines is 2. The number of hydrogen-bond donors (Lipinski definition) is 2. The first kappa shape index (κ1) is 25.2. The lowest BCUT2D eigenvalue weighted by Gasteiger charge is -2.33. The first-order valence-electron chi connectivity index (χ1n) is 11.3. The zero-order valence-corrected chi connectivity index (χ0v) is 19.9. The van der Waals surface area contributed by atoms with E-state index in [0.29, 0.717) is 24.5 Å². The van der Waals surface area contributed by atoms with Crippen LogP contribution in [0.1, 0.15) is 22.5 Å². The summed E-state index contributed by atoms with van der Waals surface area (Å²) in [5.41, 5.74) is 0.571. The lowest BCUT2D eigenvalue weighted by Crippen LogP contribution is -2.44. The topological polar surface area (TPSA) is 78.3 Å². The van der Waals surface area contributed by atoms with Crippen LogP contribution >= 0.6 is 0 Å². The summed E-state index contributed by atoms with van der Waals surface area (Å²) in [4.78, 5) is 20.7. The Morgan fingerprint density at radius 1 is 1.03 bits per heavy atom. The zero-order valence-electron chi connectivity index (χ0n) is 19.9. The molecule has 4 rings (SSSR count). The highest BCUT2D eigenvalue weighted by Crippen LogP contribution is 2.34. The number of alkyl halides is 3. The summed E-state index contributed by atoms with van der Waals surface area (Å²) in [5, 5.41) is 9.17. The van der Waals surface area contributed by atoms with E-state index in [1.54, 1.807) is 31.4 Å². The molecule has 2 aromatic heterocycles. The van der Waals surface area contributed by atoms with Crippen molar-refractivity contribution in [2.45, 2.75) is 12.7 Å². The van der Waals surface area contributed by atoms with Crippen LogP contribution in [0.3, 0.4) is 0 Å². The summed E-state index contributed by atoms with van der Waals surface area (Å²) in [6.07, 6.45) is -2.91. The number of carbonyl (C=O) groups is 1. The molecule has 0 unspecified atom stereocenters. The van der Waals surface area contributed by atoms with Crippen LogP contribution in [0, 0.1) is 11.8 Å². The number of aryl methyl sites for hydroxylation is 1. The largest absolute Gasteiger partial charge is 0.416 e. The Kier molecular flexibility index (Phi) is 7.57. The molecule has 0 saturated carbocycles. The Bertz CT molecular complexity index is 1270. The second-order valence-corrected chi connectivity index (χ2v) is 8.53. The van der Waals surface area contributed by atoms with Gasteiger partial charge in [0.1, 0.15) is 11.4 Å². The predicted molar refractivity (Wildman–Crippen MR) is 130 cm³/mol.